The van der Waals surface area contributed by atoms with Crippen LogP contribution in [0.4, 0.5) is 0 Å². The number of nitrogens with one attached hydrogen (secondary N) is 1. The average Bonchev–Trinajstić information content (AvgIpc) is 2.34. The van der Waals surface area contributed by atoms with Gasteiger partial charge in [-0.3, -0.25) is 4.79 Å². The van der Waals surface area contributed by atoms with Crippen molar-refractivity contribution >= 4 is 0 Å². The molecule has 0 spiro atoms. The summed E-state index contributed by atoms with van der Waals surface area (Å²) in [5, 5.41) is 0. The van der Waals surface area contributed by atoms with Gasteiger partial charge in [0.05, 0.1) is 5.69 Å². The Bertz CT molecular complexity index is 599. The average molecular weight is 228 g/mol. The first kappa shape index (κ1) is 11.6. The van der Waals surface area contributed by atoms with Crippen molar-refractivity contribution in [1.29, 1.82) is 0 Å². The van der Waals surface area contributed by atoms with Gasteiger partial charge in [-0.05, 0) is 31.9 Å². The van der Waals surface area contributed by atoms with Gasteiger partial charge in [0, 0.05) is 11.3 Å². The van der Waals surface area contributed by atoms with Crippen molar-refractivity contribution in [3.05, 3.63) is 51.6 Å². The maximum absolute atomic E-state index is 11.9. The summed E-state index contributed by atoms with van der Waals surface area (Å²) in [5.41, 5.74) is 4.16. The Balaban J connectivity index is 2.60. The van der Waals surface area contributed by atoms with Crippen molar-refractivity contribution in [3.8, 4) is 11.3 Å². The fourth-order valence-corrected chi connectivity index (χ4v) is 1.76. The second-order valence-electron chi connectivity index (χ2n) is 4.18. The summed E-state index contributed by atoms with van der Waals surface area (Å²) in [6.07, 6.45) is 0.955. The molecule has 0 radical (unpaired) electrons. The third-order valence-corrected chi connectivity index (χ3v) is 2.95. The molecule has 3 nitrogen and oxygen atoms in total. The Morgan fingerprint density at radius 1 is 1.29 bits per heavy atom. The molecule has 17 heavy (non-hydrogen) atoms. The summed E-state index contributed by atoms with van der Waals surface area (Å²) in [4.78, 5) is 19.1. The van der Waals surface area contributed by atoms with Crippen molar-refractivity contribution in [1.82, 2.24) is 9.97 Å². The molecule has 3 heteroatoms. The highest BCUT2D eigenvalue weighted by Gasteiger charge is 2.07. The summed E-state index contributed by atoms with van der Waals surface area (Å²) in [5.74, 6) is 0. The molecule has 0 aliphatic carbocycles. The summed E-state index contributed by atoms with van der Waals surface area (Å²) in [7, 11) is 0. The lowest BCUT2D eigenvalue weighted by molar-refractivity contribution is 1.02. The second-order valence-corrected chi connectivity index (χ2v) is 4.18. The van der Waals surface area contributed by atoms with Gasteiger partial charge in [0.2, 0.25) is 0 Å². The van der Waals surface area contributed by atoms with Crippen molar-refractivity contribution in [3.63, 3.8) is 0 Å². The zero-order chi connectivity index (χ0) is 12.4. The van der Waals surface area contributed by atoms with E-state index in [0.29, 0.717) is 5.69 Å². The molecule has 0 aliphatic rings. The van der Waals surface area contributed by atoms with E-state index in [2.05, 4.69) is 23.0 Å². The van der Waals surface area contributed by atoms with E-state index in [1.54, 1.807) is 0 Å². The van der Waals surface area contributed by atoms with Gasteiger partial charge in [-0.1, -0.05) is 25.1 Å². The largest absolute Gasteiger partial charge is 0.323 e. The summed E-state index contributed by atoms with van der Waals surface area (Å²) in [6, 6.07) is 7.96. The van der Waals surface area contributed by atoms with E-state index < -0.39 is 0 Å². The van der Waals surface area contributed by atoms with E-state index >= 15 is 0 Å². The minimum Gasteiger partial charge on any atom is -0.323 e. The quantitative estimate of drug-likeness (QED) is 0.858. The van der Waals surface area contributed by atoms with Gasteiger partial charge < -0.3 is 4.98 Å². The minimum absolute atomic E-state index is 0.124. The second kappa shape index (κ2) is 4.53. The SMILES string of the molecule is CCc1cccc(-c2nc(C)c(C)[nH]c2=O)c1. The first-order valence-electron chi connectivity index (χ1n) is 5.78. The summed E-state index contributed by atoms with van der Waals surface area (Å²) < 4.78 is 0. The normalized spacial score (nSPS) is 10.5. The number of H-pyrrole nitrogens is 1. The van der Waals surface area contributed by atoms with Gasteiger partial charge in [-0.15, -0.1) is 0 Å². The Hall–Kier alpha value is -1.90. The van der Waals surface area contributed by atoms with E-state index in [0.717, 1.165) is 23.4 Å². The molecular weight excluding hydrogens is 212 g/mol. The van der Waals surface area contributed by atoms with Gasteiger partial charge >= 0.3 is 0 Å². The molecular formula is C14H16N2O. The highest BCUT2D eigenvalue weighted by atomic mass is 16.1. The molecule has 2 aromatic rings. The Labute approximate surface area is 101 Å². The zero-order valence-electron chi connectivity index (χ0n) is 10.4. The van der Waals surface area contributed by atoms with E-state index in [1.807, 2.05) is 32.0 Å². The number of aromatic amines is 1. The molecule has 1 aromatic carbocycles. The fraction of sp³-hybridized carbons (Fsp3) is 0.286. The van der Waals surface area contributed by atoms with Gasteiger partial charge in [0.1, 0.15) is 5.69 Å². The van der Waals surface area contributed by atoms with Crippen molar-refractivity contribution in [2.45, 2.75) is 27.2 Å². The van der Waals surface area contributed by atoms with E-state index in [9.17, 15) is 4.79 Å². The number of aryl methyl sites for hydroxylation is 3. The van der Waals surface area contributed by atoms with Gasteiger partial charge in [0.15, 0.2) is 0 Å². The molecule has 0 saturated carbocycles. The van der Waals surface area contributed by atoms with Crippen LogP contribution in [0.15, 0.2) is 29.1 Å². The molecule has 1 N–H and O–H groups in total. The number of nitrogens with zero attached hydrogens (tertiary/aromatic N) is 1. The van der Waals surface area contributed by atoms with Crippen LogP contribution in [0.3, 0.4) is 0 Å². The van der Waals surface area contributed by atoms with Gasteiger partial charge in [0.25, 0.3) is 5.56 Å². The predicted molar refractivity (Wildman–Crippen MR) is 69.1 cm³/mol. The third-order valence-electron chi connectivity index (χ3n) is 2.95. The number of hydrogen-bond acceptors (Lipinski definition) is 2. The fourth-order valence-electron chi connectivity index (χ4n) is 1.76. The van der Waals surface area contributed by atoms with Crippen LogP contribution >= 0.6 is 0 Å². The van der Waals surface area contributed by atoms with Crippen LogP contribution in [0.1, 0.15) is 23.9 Å². The maximum Gasteiger partial charge on any atom is 0.274 e. The molecule has 88 valence electrons. The molecule has 0 amide bonds. The van der Waals surface area contributed by atoms with Crippen LogP contribution in [-0.2, 0) is 6.42 Å². The molecule has 0 unspecified atom stereocenters. The molecule has 0 fully saturated rings. The smallest absolute Gasteiger partial charge is 0.274 e. The first-order chi connectivity index (χ1) is 8.11. The highest BCUT2D eigenvalue weighted by Crippen LogP contribution is 2.16. The Morgan fingerprint density at radius 3 is 2.76 bits per heavy atom. The lowest BCUT2D eigenvalue weighted by Gasteiger charge is -2.05. The number of aromatic nitrogens is 2. The lowest BCUT2D eigenvalue weighted by atomic mass is 10.1. The van der Waals surface area contributed by atoms with Crippen LogP contribution in [-0.4, -0.2) is 9.97 Å². The maximum atomic E-state index is 11.9. The molecule has 0 saturated heterocycles. The predicted octanol–water partition coefficient (Wildman–Crippen LogP) is 2.62. The van der Waals surface area contributed by atoms with Crippen LogP contribution in [0.25, 0.3) is 11.3 Å². The molecule has 0 aliphatic heterocycles. The molecule has 0 atom stereocenters. The Kier molecular flexibility index (Phi) is 3.09. The van der Waals surface area contributed by atoms with Crippen molar-refractivity contribution in [2.24, 2.45) is 0 Å². The molecule has 0 bridgehead atoms. The number of benzene rings is 1. The van der Waals surface area contributed by atoms with Crippen LogP contribution < -0.4 is 5.56 Å². The summed E-state index contributed by atoms with van der Waals surface area (Å²) in [6.45, 7) is 5.85. The molecule has 2 rings (SSSR count). The number of hydrogen-bond donors (Lipinski definition) is 1. The standard InChI is InChI=1S/C14H16N2O/c1-4-11-6-5-7-12(8-11)13-14(17)16-10(3)9(2)15-13/h5-8H,4H2,1-3H3,(H,16,17). The topological polar surface area (TPSA) is 45.8 Å². The third kappa shape index (κ3) is 2.28. The van der Waals surface area contributed by atoms with E-state index in [1.165, 1.54) is 5.56 Å². The highest BCUT2D eigenvalue weighted by molar-refractivity contribution is 5.59. The van der Waals surface area contributed by atoms with Crippen LogP contribution in [0.5, 0.6) is 0 Å². The zero-order valence-corrected chi connectivity index (χ0v) is 10.4. The molecule has 1 heterocycles. The number of rotatable bonds is 2. The van der Waals surface area contributed by atoms with Crippen molar-refractivity contribution in [2.75, 3.05) is 0 Å². The van der Waals surface area contributed by atoms with Crippen LogP contribution in [0, 0.1) is 13.8 Å². The van der Waals surface area contributed by atoms with Gasteiger partial charge in [-0.2, -0.15) is 0 Å². The lowest BCUT2D eigenvalue weighted by Crippen LogP contribution is -2.14. The van der Waals surface area contributed by atoms with E-state index in [4.69, 9.17) is 0 Å². The van der Waals surface area contributed by atoms with Crippen molar-refractivity contribution < 1.29 is 0 Å². The van der Waals surface area contributed by atoms with E-state index in [-0.39, 0.29) is 5.56 Å². The van der Waals surface area contributed by atoms with Gasteiger partial charge in [-0.25, -0.2) is 4.98 Å². The minimum atomic E-state index is -0.124. The van der Waals surface area contributed by atoms with Crippen LogP contribution in [0.2, 0.25) is 0 Å². The monoisotopic (exact) mass is 228 g/mol. The molecule has 1 aromatic heterocycles. The first-order valence-corrected chi connectivity index (χ1v) is 5.78. The Morgan fingerprint density at radius 2 is 2.06 bits per heavy atom. The summed E-state index contributed by atoms with van der Waals surface area (Å²) >= 11 is 0.